The Morgan fingerprint density at radius 2 is 1.57 bits per heavy atom. The maximum Gasteiger partial charge on any atom is 0.316 e. The molecule has 0 saturated carbocycles. The van der Waals surface area contributed by atoms with E-state index in [1.807, 2.05) is 56.3 Å². The van der Waals surface area contributed by atoms with E-state index >= 15 is 0 Å². The summed E-state index contributed by atoms with van der Waals surface area (Å²) in [7, 11) is 7.06. The fraction of sp³-hybridized carbons (Fsp3) is 0.231. The molecule has 4 rings (SSSR count). The highest BCUT2D eigenvalue weighted by molar-refractivity contribution is 8.18. The SMILES string of the molecule is C=CCN1C(=O)S/C(=C\c2ccc(N(C)C)c(-c3cc4c(cc3C)n(C)c(=O)c(=O)n4C)c2)C1=O. The normalized spacial score (nSPS) is 14.9. The molecule has 1 aliphatic heterocycles. The van der Waals surface area contributed by atoms with Crippen molar-refractivity contribution < 1.29 is 9.59 Å². The quantitative estimate of drug-likeness (QED) is 0.309. The van der Waals surface area contributed by atoms with E-state index in [0.29, 0.717) is 15.9 Å². The third kappa shape index (κ3) is 4.12. The number of hydrogen-bond donors (Lipinski definition) is 0. The van der Waals surface area contributed by atoms with Crippen LogP contribution in [0.25, 0.3) is 28.2 Å². The summed E-state index contributed by atoms with van der Waals surface area (Å²) >= 11 is 0.910. The number of aromatic nitrogens is 2. The molecule has 0 N–H and O–H groups in total. The van der Waals surface area contributed by atoms with Gasteiger partial charge in [0.05, 0.1) is 15.9 Å². The van der Waals surface area contributed by atoms with Crippen molar-refractivity contribution in [2.75, 3.05) is 25.5 Å². The van der Waals surface area contributed by atoms with E-state index in [-0.39, 0.29) is 17.7 Å². The second-order valence-corrected chi connectivity index (χ2v) is 9.63. The molecule has 2 heterocycles. The lowest BCUT2D eigenvalue weighted by atomic mass is 9.95. The van der Waals surface area contributed by atoms with Crippen molar-refractivity contribution in [1.82, 2.24) is 14.0 Å². The number of hydrogen-bond acceptors (Lipinski definition) is 6. The minimum Gasteiger partial charge on any atom is -0.377 e. The van der Waals surface area contributed by atoms with Gasteiger partial charge in [-0.05, 0) is 65.7 Å². The number of anilines is 1. The molecule has 1 saturated heterocycles. The molecule has 35 heavy (non-hydrogen) atoms. The lowest BCUT2D eigenvalue weighted by Crippen LogP contribution is -2.39. The summed E-state index contributed by atoms with van der Waals surface area (Å²) in [6.07, 6.45) is 3.24. The highest BCUT2D eigenvalue weighted by Crippen LogP contribution is 2.37. The van der Waals surface area contributed by atoms with E-state index in [2.05, 4.69) is 6.58 Å². The average Bonchev–Trinajstić information content (AvgIpc) is 3.08. The van der Waals surface area contributed by atoms with Crippen molar-refractivity contribution in [2.45, 2.75) is 6.92 Å². The number of nitrogens with zero attached hydrogens (tertiary/aromatic N) is 4. The maximum atomic E-state index is 12.7. The van der Waals surface area contributed by atoms with Crippen LogP contribution in [0.4, 0.5) is 10.5 Å². The molecule has 2 amide bonds. The molecule has 0 spiro atoms. The Labute approximate surface area is 206 Å². The number of fused-ring (bicyclic) bond motifs is 1. The summed E-state index contributed by atoms with van der Waals surface area (Å²) in [5.41, 5.74) is 4.57. The second-order valence-electron chi connectivity index (χ2n) is 8.64. The van der Waals surface area contributed by atoms with Gasteiger partial charge in [0.1, 0.15) is 0 Å². The number of thioether (sulfide) groups is 1. The molecule has 0 aliphatic carbocycles. The van der Waals surface area contributed by atoms with Gasteiger partial charge in [0.25, 0.3) is 11.1 Å². The molecule has 1 fully saturated rings. The van der Waals surface area contributed by atoms with Crippen LogP contribution in [-0.2, 0) is 18.9 Å². The highest BCUT2D eigenvalue weighted by atomic mass is 32.2. The third-order valence-corrected chi connectivity index (χ3v) is 7.02. The number of rotatable bonds is 5. The number of benzene rings is 2. The zero-order valence-corrected chi connectivity index (χ0v) is 21.1. The molecule has 2 aromatic carbocycles. The molecule has 0 radical (unpaired) electrons. The Hall–Kier alpha value is -3.85. The largest absolute Gasteiger partial charge is 0.377 e. The highest BCUT2D eigenvalue weighted by Gasteiger charge is 2.34. The van der Waals surface area contributed by atoms with Crippen LogP contribution in [0.15, 0.2) is 57.5 Å². The first-order valence-electron chi connectivity index (χ1n) is 10.9. The minimum atomic E-state index is -0.591. The van der Waals surface area contributed by atoms with Crippen molar-refractivity contribution in [2.24, 2.45) is 14.1 Å². The maximum absolute atomic E-state index is 12.7. The van der Waals surface area contributed by atoms with Crippen molar-refractivity contribution >= 4 is 45.7 Å². The number of carbonyl (C=O) groups excluding carboxylic acids is 2. The fourth-order valence-corrected chi connectivity index (χ4v) is 5.05. The standard InChI is InChI=1S/C26H26N4O4S/c1-7-10-30-23(31)22(35-26(30)34)13-16-8-9-19(27(3)4)18(12-16)17-14-21-20(11-15(17)2)28(5)24(32)25(33)29(21)6/h7-9,11-14H,1,10H2,2-6H3/b22-13-. The van der Waals surface area contributed by atoms with Gasteiger partial charge >= 0.3 is 11.1 Å². The van der Waals surface area contributed by atoms with Gasteiger partial charge in [0.2, 0.25) is 0 Å². The van der Waals surface area contributed by atoms with Crippen LogP contribution in [0.2, 0.25) is 0 Å². The first-order valence-corrected chi connectivity index (χ1v) is 11.7. The zero-order valence-electron chi connectivity index (χ0n) is 20.3. The molecular formula is C26H26N4O4S. The summed E-state index contributed by atoms with van der Waals surface area (Å²) in [6, 6.07) is 9.63. The van der Waals surface area contributed by atoms with Crippen LogP contribution in [0.3, 0.4) is 0 Å². The summed E-state index contributed by atoms with van der Waals surface area (Å²) in [5.74, 6) is -0.337. The van der Waals surface area contributed by atoms with Gasteiger partial charge in [0, 0.05) is 46.0 Å². The van der Waals surface area contributed by atoms with Crippen LogP contribution in [0.5, 0.6) is 0 Å². The Bertz CT molecular complexity index is 1560. The van der Waals surface area contributed by atoms with E-state index in [0.717, 1.165) is 44.6 Å². The van der Waals surface area contributed by atoms with Crippen molar-refractivity contribution in [1.29, 1.82) is 0 Å². The first-order chi connectivity index (χ1) is 16.5. The molecule has 9 heteroatoms. The van der Waals surface area contributed by atoms with E-state index in [1.54, 1.807) is 20.2 Å². The van der Waals surface area contributed by atoms with Gasteiger partial charge in [-0.15, -0.1) is 6.58 Å². The van der Waals surface area contributed by atoms with Crippen LogP contribution in [0, 0.1) is 6.92 Å². The Balaban J connectivity index is 1.91. The molecule has 3 aromatic rings. The van der Waals surface area contributed by atoms with Gasteiger partial charge in [-0.25, -0.2) is 0 Å². The average molecular weight is 491 g/mol. The van der Waals surface area contributed by atoms with Crippen molar-refractivity contribution in [3.05, 3.63) is 79.7 Å². The van der Waals surface area contributed by atoms with Crippen LogP contribution in [0.1, 0.15) is 11.1 Å². The zero-order chi connectivity index (χ0) is 25.6. The lowest BCUT2D eigenvalue weighted by molar-refractivity contribution is -0.122. The minimum absolute atomic E-state index is 0.171. The summed E-state index contributed by atoms with van der Waals surface area (Å²) in [5, 5.41) is -0.316. The predicted octanol–water partition coefficient (Wildman–Crippen LogP) is 3.50. The molecule has 8 nitrogen and oxygen atoms in total. The molecule has 0 atom stereocenters. The number of imide groups is 1. The Morgan fingerprint density at radius 3 is 2.17 bits per heavy atom. The molecule has 180 valence electrons. The summed E-state index contributed by atoms with van der Waals surface area (Å²) < 4.78 is 2.74. The van der Waals surface area contributed by atoms with Gasteiger partial charge < -0.3 is 14.0 Å². The number of carbonyl (C=O) groups is 2. The van der Waals surface area contributed by atoms with Gasteiger partial charge in [-0.3, -0.25) is 24.1 Å². The van der Waals surface area contributed by atoms with Crippen LogP contribution >= 0.6 is 11.8 Å². The predicted molar refractivity (Wildman–Crippen MR) is 142 cm³/mol. The van der Waals surface area contributed by atoms with Gasteiger partial charge in [-0.1, -0.05) is 12.1 Å². The van der Waals surface area contributed by atoms with Gasteiger partial charge in [-0.2, -0.15) is 0 Å². The lowest BCUT2D eigenvalue weighted by Gasteiger charge is -2.21. The third-order valence-electron chi connectivity index (χ3n) is 6.11. The second kappa shape index (κ2) is 9.07. The molecular weight excluding hydrogens is 464 g/mol. The summed E-state index contributed by atoms with van der Waals surface area (Å²) in [6.45, 7) is 5.73. The van der Waals surface area contributed by atoms with Crippen LogP contribution < -0.4 is 16.0 Å². The van der Waals surface area contributed by atoms with Crippen LogP contribution in [-0.4, -0.2) is 45.8 Å². The number of amides is 2. The molecule has 0 unspecified atom stereocenters. The number of aryl methyl sites for hydroxylation is 3. The van der Waals surface area contributed by atoms with E-state index in [9.17, 15) is 19.2 Å². The fourth-order valence-electron chi connectivity index (χ4n) is 4.20. The molecule has 1 aliphatic rings. The van der Waals surface area contributed by atoms with E-state index in [1.165, 1.54) is 15.2 Å². The van der Waals surface area contributed by atoms with E-state index < -0.39 is 11.1 Å². The monoisotopic (exact) mass is 490 g/mol. The summed E-state index contributed by atoms with van der Waals surface area (Å²) in [4.78, 5) is 53.1. The Morgan fingerprint density at radius 1 is 0.943 bits per heavy atom. The van der Waals surface area contributed by atoms with Crippen molar-refractivity contribution in [3.8, 4) is 11.1 Å². The Kier molecular flexibility index (Phi) is 6.29. The molecule has 1 aromatic heterocycles. The van der Waals surface area contributed by atoms with E-state index in [4.69, 9.17) is 0 Å². The van der Waals surface area contributed by atoms with Gasteiger partial charge in [0.15, 0.2) is 0 Å². The smallest absolute Gasteiger partial charge is 0.316 e. The topological polar surface area (TPSA) is 84.6 Å². The van der Waals surface area contributed by atoms with Crippen molar-refractivity contribution in [3.63, 3.8) is 0 Å². The first kappa shape index (κ1) is 24.3. The molecule has 0 bridgehead atoms.